The SMILES string of the molecule is COC(=O)c1cccc(C)c1NCCCOc1ccc(Cl)cc1. The van der Waals surface area contributed by atoms with Crippen molar-refractivity contribution in [2.75, 3.05) is 25.6 Å². The molecule has 1 N–H and O–H groups in total. The summed E-state index contributed by atoms with van der Waals surface area (Å²) in [5.41, 5.74) is 2.36. The Morgan fingerprint density at radius 2 is 1.91 bits per heavy atom. The van der Waals surface area contributed by atoms with Crippen LogP contribution in [0, 0.1) is 6.92 Å². The van der Waals surface area contributed by atoms with Crippen LogP contribution < -0.4 is 10.1 Å². The zero-order valence-corrected chi connectivity index (χ0v) is 14.0. The number of carbonyl (C=O) groups excluding carboxylic acids is 1. The maximum atomic E-state index is 11.8. The van der Waals surface area contributed by atoms with Crippen molar-refractivity contribution in [3.05, 3.63) is 58.6 Å². The summed E-state index contributed by atoms with van der Waals surface area (Å²) >= 11 is 5.83. The van der Waals surface area contributed by atoms with Gasteiger partial charge in [0, 0.05) is 11.6 Å². The molecule has 0 radical (unpaired) electrons. The Morgan fingerprint density at radius 1 is 1.17 bits per heavy atom. The molecule has 0 saturated heterocycles. The molecule has 0 aromatic heterocycles. The Balaban J connectivity index is 1.84. The zero-order chi connectivity index (χ0) is 16.7. The lowest BCUT2D eigenvalue weighted by Gasteiger charge is -2.14. The number of anilines is 1. The van der Waals surface area contributed by atoms with Crippen LogP contribution in [0.2, 0.25) is 5.02 Å². The average molecular weight is 334 g/mol. The van der Waals surface area contributed by atoms with E-state index in [1.54, 1.807) is 18.2 Å². The number of nitrogens with one attached hydrogen (secondary N) is 1. The van der Waals surface area contributed by atoms with Crippen LogP contribution in [0.3, 0.4) is 0 Å². The first kappa shape index (κ1) is 17.2. The molecule has 0 saturated carbocycles. The highest BCUT2D eigenvalue weighted by molar-refractivity contribution is 6.30. The Morgan fingerprint density at radius 3 is 2.61 bits per heavy atom. The summed E-state index contributed by atoms with van der Waals surface area (Å²) in [6.45, 7) is 3.23. The first-order valence-electron chi connectivity index (χ1n) is 7.42. The Hall–Kier alpha value is -2.20. The van der Waals surface area contributed by atoms with Gasteiger partial charge in [-0.15, -0.1) is 0 Å². The highest BCUT2D eigenvalue weighted by atomic mass is 35.5. The molecule has 0 bridgehead atoms. The summed E-state index contributed by atoms with van der Waals surface area (Å²) in [6, 6.07) is 12.8. The quantitative estimate of drug-likeness (QED) is 0.605. The van der Waals surface area contributed by atoms with Crippen LogP contribution in [0.25, 0.3) is 0 Å². The van der Waals surface area contributed by atoms with Crippen molar-refractivity contribution in [2.45, 2.75) is 13.3 Å². The molecule has 0 spiro atoms. The minimum Gasteiger partial charge on any atom is -0.494 e. The number of hydrogen-bond donors (Lipinski definition) is 1. The van der Waals surface area contributed by atoms with Gasteiger partial charge in [-0.2, -0.15) is 0 Å². The number of esters is 1. The molecule has 122 valence electrons. The van der Waals surface area contributed by atoms with Crippen molar-refractivity contribution in [3.8, 4) is 5.75 Å². The molecule has 0 atom stereocenters. The lowest BCUT2D eigenvalue weighted by molar-refractivity contribution is 0.0601. The van der Waals surface area contributed by atoms with Gasteiger partial charge in [-0.25, -0.2) is 4.79 Å². The molecular weight excluding hydrogens is 314 g/mol. The third-order valence-electron chi connectivity index (χ3n) is 3.38. The minimum absolute atomic E-state index is 0.339. The topological polar surface area (TPSA) is 47.6 Å². The summed E-state index contributed by atoms with van der Waals surface area (Å²) in [5.74, 6) is 0.453. The molecule has 0 aliphatic heterocycles. The van der Waals surface area contributed by atoms with Crippen LogP contribution in [0.1, 0.15) is 22.3 Å². The van der Waals surface area contributed by atoms with Gasteiger partial charge < -0.3 is 14.8 Å². The first-order valence-corrected chi connectivity index (χ1v) is 7.80. The molecule has 2 rings (SSSR count). The van der Waals surface area contributed by atoms with Gasteiger partial charge in [-0.3, -0.25) is 0 Å². The molecule has 0 aliphatic rings. The largest absolute Gasteiger partial charge is 0.494 e. The Labute approximate surface area is 141 Å². The maximum absolute atomic E-state index is 11.8. The number of rotatable bonds is 7. The van der Waals surface area contributed by atoms with Crippen molar-refractivity contribution in [3.63, 3.8) is 0 Å². The maximum Gasteiger partial charge on any atom is 0.339 e. The second-order valence-corrected chi connectivity index (χ2v) is 5.51. The van der Waals surface area contributed by atoms with E-state index in [-0.39, 0.29) is 5.97 Å². The molecule has 0 heterocycles. The first-order chi connectivity index (χ1) is 11.1. The van der Waals surface area contributed by atoms with E-state index in [1.807, 2.05) is 31.2 Å². The molecule has 5 heteroatoms. The average Bonchev–Trinajstić information content (AvgIpc) is 2.56. The molecule has 23 heavy (non-hydrogen) atoms. The number of benzene rings is 2. The van der Waals surface area contributed by atoms with Crippen molar-refractivity contribution < 1.29 is 14.3 Å². The monoisotopic (exact) mass is 333 g/mol. The number of hydrogen-bond acceptors (Lipinski definition) is 4. The molecule has 4 nitrogen and oxygen atoms in total. The summed E-state index contributed by atoms with van der Waals surface area (Å²) < 4.78 is 10.5. The number of para-hydroxylation sites is 1. The van der Waals surface area contributed by atoms with E-state index in [0.717, 1.165) is 23.4 Å². The van der Waals surface area contributed by atoms with Crippen LogP contribution in [0.15, 0.2) is 42.5 Å². The summed E-state index contributed by atoms with van der Waals surface area (Å²) in [7, 11) is 1.38. The second kappa shape index (κ2) is 8.44. The van der Waals surface area contributed by atoms with Gasteiger partial charge in [0.2, 0.25) is 0 Å². The summed E-state index contributed by atoms with van der Waals surface area (Å²) in [4.78, 5) is 11.8. The fourth-order valence-corrected chi connectivity index (χ4v) is 2.31. The predicted molar refractivity (Wildman–Crippen MR) is 92.6 cm³/mol. The zero-order valence-electron chi connectivity index (χ0n) is 13.3. The molecule has 0 unspecified atom stereocenters. The van der Waals surface area contributed by atoms with Crippen LogP contribution in [0.4, 0.5) is 5.69 Å². The molecular formula is C18H20ClNO3. The standard InChI is InChI=1S/C18H20ClNO3/c1-13-5-3-6-16(18(21)22-2)17(13)20-11-4-12-23-15-9-7-14(19)8-10-15/h3,5-10,20H,4,11-12H2,1-2H3. The Bertz CT molecular complexity index is 656. The van der Waals surface area contributed by atoms with Crippen LogP contribution in [-0.2, 0) is 4.74 Å². The second-order valence-electron chi connectivity index (χ2n) is 5.07. The Kier molecular flexibility index (Phi) is 6.29. The van der Waals surface area contributed by atoms with E-state index in [2.05, 4.69) is 5.32 Å². The van der Waals surface area contributed by atoms with E-state index in [1.165, 1.54) is 7.11 Å². The van der Waals surface area contributed by atoms with Gasteiger partial charge in [0.25, 0.3) is 0 Å². The van der Waals surface area contributed by atoms with E-state index < -0.39 is 0 Å². The van der Waals surface area contributed by atoms with Gasteiger partial charge in [0.15, 0.2) is 0 Å². The number of ether oxygens (including phenoxy) is 2. The fourth-order valence-electron chi connectivity index (χ4n) is 2.19. The minimum atomic E-state index is -0.339. The van der Waals surface area contributed by atoms with Crippen molar-refractivity contribution >= 4 is 23.3 Å². The van der Waals surface area contributed by atoms with Gasteiger partial charge in [0.1, 0.15) is 5.75 Å². The van der Waals surface area contributed by atoms with E-state index in [4.69, 9.17) is 21.1 Å². The van der Waals surface area contributed by atoms with Gasteiger partial charge in [-0.1, -0.05) is 23.7 Å². The van der Waals surface area contributed by atoms with Gasteiger partial charge in [-0.05, 0) is 49.2 Å². The van der Waals surface area contributed by atoms with Crippen LogP contribution >= 0.6 is 11.6 Å². The molecule has 2 aromatic rings. The van der Waals surface area contributed by atoms with Crippen molar-refractivity contribution in [1.29, 1.82) is 0 Å². The lowest BCUT2D eigenvalue weighted by Crippen LogP contribution is -2.12. The summed E-state index contributed by atoms with van der Waals surface area (Å²) in [5, 5.41) is 3.98. The third kappa shape index (κ3) is 4.89. The van der Waals surface area contributed by atoms with Crippen LogP contribution in [-0.4, -0.2) is 26.2 Å². The number of halogens is 1. The number of aryl methyl sites for hydroxylation is 1. The highest BCUT2D eigenvalue weighted by Gasteiger charge is 2.12. The molecule has 0 fully saturated rings. The lowest BCUT2D eigenvalue weighted by atomic mass is 10.1. The smallest absolute Gasteiger partial charge is 0.339 e. The summed E-state index contributed by atoms with van der Waals surface area (Å²) in [6.07, 6.45) is 0.803. The molecule has 0 amide bonds. The van der Waals surface area contributed by atoms with Gasteiger partial charge >= 0.3 is 5.97 Å². The highest BCUT2D eigenvalue weighted by Crippen LogP contribution is 2.21. The third-order valence-corrected chi connectivity index (χ3v) is 3.64. The molecule has 2 aromatic carbocycles. The van der Waals surface area contributed by atoms with Crippen LogP contribution in [0.5, 0.6) is 5.75 Å². The fraction of sp³-hybridized carbons (Fsp3) is 0.278. The van der Waals surface area contributed by atoms with E-state index in [9.17, 15) is 4.79 Å². The van der Waals surface area contributed by atoms with Crippen molar-refractivity contribution in [1.82, 2.24) is 0 Å². The van der Waals surface area contributed by atoms with Crippen molar-refractivity contribution in [2.24, 2.45) is 0 Å². The normalized spacial score (nSPS) is 10.2. The predicted octanol–water partition coefficient (Wildman–Crippen LogP) is 4.32. The molecule has 0 aliphatic carbocycles. The van der Waals surface area contributed by atoms with Gasteiger partial charge in [0.05, 0.1) is 25.0 Å². The number of methoxy groups -OCH3 is 1. The van der Waals surface area contributed by atoms with E-state index >= 15 is 0 Å². The van der Waals surface area contributed by atoms with E-state index in [0.29, 0.717) is 23.7 Å². The number of carbonyl (C=O) groups is 1.